The first-order valence-electron chi connectivity index (χ1n) is 8.30. The average Bonchev–Trinajstić information content (AvgIpc) is 2.67. The molecule has 0 saturated heterocycles. The quantitative estimate of drug-likeness (QED) is 0.496. The van der Waals surface area contributed by atoms with E-state index in [0.717, 1.165) is 16.3 Å². The first kappa shape index (κ1) is 18.2. The molecule has 1 unspecified atom stereocenters. The zero-order valence-electron chi connectivity index (χ0n) is 14.3. The Balaban J connectivity index is 1.56. The molecule has 5 nitrogen and oxygen atoms in total. The van der Waals surface area contributed by atoms with Crippen molar-refractivity contribution >= 4 is 24.9 Å². The molecule has 0 aliphatic carbocycles. The molecule has 0 aliphatic heterocycles. The molecule has 6 heteroatoms. The van der Waals surface area contributed by atoms with Crippen LogP contribution in [0.4, 0.5) is 0 Å². The fourth-order valence-corrected chi connectivity index (χ4v) is 3.41. The number of carbonyl (C=O) groups is 1. The summed E-state index contributed by atoms with van der Waals surface area (Å²) in [5, 5.41) is 4.54. The van der Waals surface area contributed by atoms with Crippen molar-refractivity contribution in [3.05, 3.63) is 78.4 Å². The number of hydrogen-bond donors (Lipinski definition) is 1. The van der Waals surface area contributed by atoms with Gasteiger partial charge in [-0.15, -0.1) is 0 Å². The maximum atomic E-state index is 12.3. The third-order valence-electron chi connectivity index (χ3n) is 3.86. The molecule has 0 amide bonds. The number of esters is 1. The Kier molecular flexibility index (Phi) is 6.05. The van der Waals surface area contributed by atoms with Gasteiger partial charge in [0.1, 0.15) is 18.4 Å². The number of nitrogens with one attached hydrogen (secondary N) is 1. The second kappa shape index (κ2) is 8.65. The summed E-state index contributed by atoms with van der Waals surface area (Å²) in [7, 11) is -2.66. The number of fused-ring (bicyclic) bond motifs is 1. The van der Waals surface area contributed by atoms with E-state index in [4.69, 9.17) is 9.26 Å². The zero-order valence-corrected chi connectivity index (χ0v) is 15.3. The van der Waals surface area contributed by atoms with Crippen LogP contribution in [0.1, 0.15) is 12.5 Å². The van der Waals surface area contributed by atoms with Gasteiger partial charge in [-0.1, -0.05) is 66.7 Å². The lowest BCUT2D eigenvalue weighted by molar-refractivity contribution is -0.146. The molecular formula is C20H20NO4P. The molecule has 3 aromatic carbocycles. The predicted molar refractivity (Wildman–Crippen MR) is 102 cm³/mol. The molecule has 1 N–H and O–H groups in total. The van der Waals surface area contributed by atoms with Crippen LogP contribution >= 0.6 is 8.18 Å². The van der Waals surface area contributed by atoms with E-state index in [9.17, 15) is 9.36 Å². The van der Waals surface area contributed by atoms with Crippen molar-refractivity contribution in [2.45, 2.75) is 19.6 Å². The molecule has 0 spiro atoms. The highest BCUT2D eigenvalue weighted by Gasteiger charge is 2.17. The van der Waals surface area contributed by atoms with Gasteiger partial charge in [0.2, 0.25) is 0 Å². The predicted octanol–water partition coefficient (Wildman–Crippen LogP) is 4.33. The van der Waals surface area contributed by atoms with Gasteiger partial charge in [0, 0.05) is 5.39 Å². The van der Waals surface area contributed by atoms with Gasteiger partial charge in [0.25, 0.3) is 0 Å². The van der Waals surface area contributed by atoms with Gasteiger partial charge >= 0.3 is 14.1 Å². The summed E-state index contributed by atoms with van der Waals surface area (Å²) in [6, 6.07) is 21.9. The van der Waals surface area contributed by atoms with E-state index in [-0.39, 0.29) is 6.61 Å². The van der Waals surface area contributed by atoms with Crippen molar-refractivity contribution in [2.75, 3.05) is 0 Å². The summed E-state index contributed by atoms with van der Waals surface area (Å²) < 4.78 is 23.1. The summed E-state index contributed by atoms with van der Waals surface area (Å²) in [4.78, 5) is 12.1. The Labute approximate surface area is 152 Å². The third-order valence-corrected chi connectivity index (χ3v) is 4.94. The van der Waals surface area contributed by atoms with Gasteiger partial charge in [-0.3, -0.25) is 9.36 Å². The Morgan fingerprint density at radius 2 is 1.69 bits per heavy atom. The van der Waals surface area contributed by atoms with E-state index in [2.05, 4.69) is 5.09 Å². The molecule has 0 saturated carbocycles. The molecular weight excluding hydrogens is 349 g/mol. The first-order valence-corrected chi connectivity index (χ1v) is 9.62. The smallest absolute Gasteiger partial charge is 0.323 e. The monoisotopic (exact) mass is 369 g/mol. The van der Waals surface area contributed by atoms with Crippen LogP contribution in [-0.2, 0) is 20.7 Å². The second-order valence-electron chi connectivity index (χ2n) is 5.83. The maximum Gasteiger partial charge on any atom is 0.323 e. The van der Waals surface area contributed by atoms with Crippen LogP contribution in [0.3, 0.4) is 0 Å². The van der Waals surface area contributed by atoms with E-state index < -0.39 is 20.2 Å². The molecule has 3 aromatic rings. The molecule has 0 heterocycles. The summed E-state index contributed by atoms with van der Waals surface area (Å²) >= 11 is 0. The molecule has 3 rings (SSSR count). The van der Waals surface area contributed by atoms with E-state index in [0.29, 0.717) is 5.75 Å². The number of ether oxygens (including phenoxy) is 1. The number of rotatable bonds is 7. The normalized spacial score (nSPS) is 13.1. The van der Waals surface area contributed by atoms with E-state index >= 15 is 0 Å². The Bertz CT molecular complexity index is 909. The minimum absolute atomic E-state index is 0.177. The standard InChI is InChI=1S/C20H20NO4P/c1-15(20(22)24-14-16-8-3-2-4-9-16)21-26(23)25-19-13-7-11-17-10-5-6-12-18(17)19/h2-13,15,26H,14H2,1H3,(H,21,23)/t15-/m0/s1. The maximum absolute atomic E-state index is 12.3. The molecule has 134 valence electrons. The fraction of sp³-hybridized carbons (Fsp3) is 0.150. The molecule has 0 aliphatic rings. The summed E-state index contributed by atoms with van der Waals surface area (Å²) in [6.07, 6.45) is 0. The topological polar surface area (TPSA) is 64.6 Å². The van der Waals surface area contributed by atoms with Gasteiger partial charge in [0.05, 0.1) is 0 Å². The van der Waals surface area contributed by atoms with Crippen LogP contribution in [0.15, 0.2) is 72.8 Å². The van der Waals surface area contributed by atoms with Crippen LogP contribution in [0.5, 0.6) is 5.75 Å². The fourth-order valence-electron chi connectivity index (χ4n) is 2.50. The molecule has 0 aromatic heterocycles. The van der Waals surface area contributed by atoms with Gasteiger partial charge < -0.3 is 9.26 Å². The lowest BCUT2D eigenvalue weighted by atomic mass is 10.1. The highest BCUT2D eigenvalue weighted by Crippen LogP contribution is 2.31. The Morgan fingerprint density at radius 3 is 2.50 bits per heavy atom. The van der Waals surface area contributed by atoms with Crippen molar-refractivity contribution in [1.82, 2.24) is 5.09 Å². The van der Waals surface area contributed by atoms with Gasteiger partial charge in [-0.05, 0) is 23.9 Å². The van der Waals surface area contributed by atoms with Crippen molar-refractivity contribution in [3.8, 4) is 5.75 Å². The highest BCUT2D eigenvalue weighted by molar-refractivity contribution is 7.37. The third kappa shape index (κ3) is 4.72. The number of carbonyl (C=O) groups excluding carboxylic acids is 1. The highest BCUT2D eigenvalue weighted by atomic mass is 31.1. The summed E-state index contributed by atoms with van der Waals surface area (Å²) in [6.45, 7) is 1.78. The molecule has 2 atom stereocenters. The second-order valence-corrected chi connectivity index (χ2v) is 6.89. The van der Waals surface area contributed by atoms with Crippen molar-refractivity contribution in [3.63, 3.8) is 0 Å². The molecule has 0 radical (unpaired) electrons. The first-order chi connectivity index (χ1) is 12.6. The summed E-state index contributed by atoms with van der Waals surface area (Å²) in [5.74, 6) is 0.0399. The minimum Gasteiger partial charge on any atom is -0.460 e. The molecule has 0 bridgehead atoms. The average molecular weight is 369 g/mol. The van der Waals surface area contributed by atoms with E-state index in [1.165, 1.54) is 0 Å². The lowest BCUT2D eigenvalue weighted by Crippen LogP contribution is -2.31. The van der Waals surface area contributed by atoms with Gasteiger partial charge in [0.15, 0.2) is 0 Å². The molecule has 26 heavy (non-hydrogen) atoms. The Morgan fingerprint density at radius 1 is 1.00 bits per heavy atom. The zero-order chi connectivity index (χ0) is 18.4. The van der Waals surface area contributed by atoms with Crippen LogP contribution in [-0.4, -0.2) is 12.0 Å². The minimum atomic E-state index is -2.66. The SMILES string of the molecule is C[C@H](N[PH](=O)Oc1cccc2ccccc12)C(=O)OCc1ccccc1. The lowest BCUT2D eigenvalue weighted by Gasteiger charge is -2.14. The van der Waals surface area contributed by atoms with E-state index in [1.807, 2.05) is 66.7 Å². The van der Waals surface area contributed by atoms with Crippen molar-refractivity contribution < 1.29 is 18.6 Å². The van der Waals surface area contributed by atoms with E-state index in [1.54, 1.807) is 13.0 Å². The Hall–Kier alpha value is -2.62. The van der Waals surface area contributed by atoms with Gasteiger partial charge in [-0.25, -0.2) is 5.09 Å². The molecule has 0 fully saturated rings. The largest absolute Gasteiger partial charge is 0.460 e. The summed E-state index contributed by atoms with van der Waals surface area (Å²) in [5.41, 5.74) is 0.896. The van der Waals surface area contributed by atoms with Crippen molar-refractivity contribution in [2.24, 2.45) is 0 Å². The van der Waals surface area contributed by atoms with Crippen LogP contribution in [0.25, 0.3) is 10.8 Å². The number of hydrogen-bond acceptors (Lipinski definition) is 4. The van der Waals surface area contributed by atoms with Crippen molar-refractivity contribution in [1.29, 1.82) is 0 Å². The van der Waals surface area contributed by atoms with Crippen LogP contribution < -0.4 is 9.61 Å². The van der Waals surface area contributed by atoms with Gasteiger partial charge in [-0.2, -0.15) is 0 Å². The van der Waals surface area contributed by atoms with Crippen LogP contribution in [0.2, 0.25) is 0 Å². The van der Waals surface area contributed by atoms with Crippen LogP contribution in [0, 0.1) is 0 Å². The number of benzene rings is 3.